The number of furan rings is 1. The van der Waals surface area contributed by atoms with E-state index in [1.54, 1.807) is 24.3 Å². The molecule has 8 heteroatoms. The number of anilines is 1. The average Bonchev–Trinajstić information content (AvgIpc) is 3.47. The van der Waals surface area contributed by atoms with Gasteiger partial charge < -0.3 is 13.9 Å². The molecule has 2 aromatic carbocycles. The van der Waals surface area contributed by atoms with Gasteiger partial charge in [0.15, 0.2) is 22.2 Å². The number of aromatic nitrogens is 2. The molecule has 33 heavy (non-hydrogen) atoms. The molecule has 0 aliphatic heterocycles. The van der Waals surface area contributed by atoms with Crippen LogP contribution in [0.5, 0.6) is 11.5 Å². The third-order valence-electron chi connectivity index (χ3n) is 5.12. The monoisotopic (exact) mass is 459 g/mol. The van der Waals surface area contributed by atoms with Crippen molar-refractivity contribution in [3.05, 3.63) is 78.3 Å². The van der Waals surface area contributed by atoms with Crippen LogP contribution >= 0.6 is 11.3 Å². The lowest BCUT2D eigenvalue weighted by molar-refractivity contribution is 0.0960. The molecule has 0 aliphatic carbocycles. The Morgan fingerprint density at radius 3 is 2.82 bits per heavy atom. The maximum absolute atomic E-state index is 13.7. The average molecular weight is 460 g/mol. The van der Waals surface area contributed by atoms with Crippen molar-refractivity contribution in [2.24, 2.45) is 0 Å². The van der Waals surface area contributed by atoms with Crippen LogP contribution in [0.25, 0.3) is 21.2 Å². The van der Waals surface area contributed by atoms with Gasteiger partial charge in [-0.15, -0.1) is 0 Å². The van der Waals surface area contributed by atoms with Crippen molar-refractivity contribution in [1.82, 2.24) is 9.97 Å². The van der Waals surface area contributed by atoms with E-state index in [1.165, 1.54) is 11.3 Å². The van der Waals surface area contributed by atoms with Gasteiger partial charge in [-0.3, -0.25) is 14.7 Å². The maximum atomic E-state index is 13.7. The van der Waals surface area contributed by atoms with E-state index in [-0.39, 0.29) is 18.2 Å². The molecular formula is C25H21N3O4S. The summed E-state index contributed by atoms with van der Waals surface area (Å²) in [6.07, 6.45) is 1.71. The number of rotatable bonds is 7. The zero-order valence-corrected chi connectivity index (χ0v) is 19.0. The molecule has 0 aliphatic rings. The highest BCUT2D eigenvalue weighted by Crippen LogP contribution is 2.34. The number of hydrogen-bond acceptors (Lipinski definition) is 7. The van der Waals surface area contributed by atoms with Crippen LogP contribution in [-0.4, -0.2) is 29.6 Å². The van der Waals surface area contributed by atoms with Crippen LogP contribution in [0.4, 0.5) is 5.13 Å². The van der Waals surface area contributed by atoms with Crippen molar-refractivity contribution in [3.63, 3.8) is 0 Å². The SMILES string of the molecule is CCOc1cccc2cc(C(=O)N(Cc3ccccn3)c3nc4cc(OC)ccc4s3)oc12. The summed E-state index contributed by atoms with van der Waals surface area (Å²) < 4.78 is 17.9. The Kier molecular flexibility index (Phi) is 5.66. The van der Waals surface area contributed by atoms with Gasteiger partial charge >= 0.3 is 0 Å². The number of hydrogen-bond donors (Lipinski definition) is 0. The summed E-state index contributed by atoms with van der Waals surface area (Å²) in [5.74, 6) is 1.23. The van der Waals surface area contributed by atoms with E-state index < -0.39 is 0 Å². The topological polar surface area (TPSA) is 77.7 Å². The van der Waals surface area contributed by atoms with Gasteiger partial charge in [-0.25, -0.2) is 4.98 Å². The molecule has 7 nitrogen and oxygen atoms in total. The van der Waals surface area contributed by atoms with E-state index in [0.29, 0.717) is 28.8 Å². The highest BCUT2D eigenvalue weighted by molar-refractivity contribution is 7.22. The third kappa shape index (κ3) is 4.12. The van der Waals surface area contributed by atoms with Gasteiger partial charge in [0, 0.05) is 17.6 Å². The van der Waals surface area contributed by atoms with Crippen LogP contribution in [-0.2, 0) is 6.54 Å². The number of amides is 1. The first-order valence-electron chi connectivity index (χ1n) is 10.5. The van der Waals surface area contributed by atoms with Crippen LogP contribution in [0.15, 0.2) is 71.3 Å². The van der Waals surface area contributed by atoms with Gasteiger partial charge in [0.25, 0.3) is 5.91 Å². The molecule has 1 amide bonds. The van der Waals surface area contributed by atoms with Gasteiger partial charge in [0.2, 0.25) is 0 Å². The van der Waals surface area contributed by atoms with Crippen molar-refractivity contribution in [2.45, 2.75) is 13.5 Å². The first-order valence-corrected chi connectivity index (χ1v) is 11.3. The first kappa shape index (κ1) is 21.0. The van der Waals surface area contributed by atoms with E-state index >= 15 is 0 Å². The van der Waals surface area contributed by atoms with E-state index in [9.17, 15) is 4.79 Å². The predicted molar refractivity (Wildman–Crippen MR) is 128 cm³/mol. The molecule has 0 fully saturated rings. The number of thiazole rings is 1. The Bertz CT molecular complexity index is 1430. The predicted octanol–water partition coefficient (Wildman–Crippen LogP) is 5.69. The summed E-state index contributed by atoms with van der Waals surface area (Å²) in [5, 5.41) is 1.36. The minimum atomic E-state index is -0.301. The largest absolute Gasteiger partial charge is 0.497 e. The number of fused-ring (bicyclic) bond motifs is 2. The number of carbonyl (C=O) groups excluding carboxylic acids is 1. The number of para-hydroxylation sites is 1. The number of nitrogens with zero attached hydrogens (tertiary/aromatic N) is 3. The van der Waals surface area contributed by atoms with Gasteiger partial charge in [-0.2, -0.15) is 0 Å². The summed E-state index contributed by atoms with van der Waals surface area (Å²) in [6.45, 7) is 2.67. The molecule has 0 unspecified atom stereocenters. The normalized spacial score (nSPS) is 11.1. The van der Waals surface area contributed by atoms with Crippen LogP contribution in [0, 0.1) is 0 Å². The summed E-state index contributed by atoms with van der Waals surface area (Å²) >= 11 is 1.43. The van der Waals surface area contributed by atoms with Gasteiger partial charge in [0.1, 0.15) is 5.75 Å². The van der Waals surface area contributed by atoms with Crippen LogP contribution in [0.2, 0.25) is 0 Å². The third-order valence-corrected chi connectivity index (χ3v) is 6.18. The molecule has 0 saturated heterocycles. The molecule has 5 rings (SSSR count). The van der Waals surface area contributed by atoms with Gasteiger partial charge in [-0.05, 0) is 43.3 Å². The maximum Gasteiger partial charge on any atom is 0.296 e. The molecule has 5 aromatic rings. The van der Waals surface area contributed by atoms with Crippen molar-refractivity contribution in [2.75, 3.05) is 18.6 Å². The molecule has 0 saturated carbocycles. The quantitative estimate of drug-likeness (QED) is 0.311. The second-order valence-electron chi connectivity index (χ2n) is 7.26. The molecule has 0 N–H and O–H groups in total. The van der Waals surface area contributed by atoms with E-state index in [1.807, 2.05) is 61.5 Å². The molecule has 0 spiro atoms. The Hall–Kier alpha value is -3.91. The summed E-state index contributed by atoms with van der Waals surface area (Å²) in [4.78, 5) is 24.4. The standard InChI is InChI=1S/C25H21N3O4S/c1-3-31-20-9-6-7-16-13-21(32-23(16)20)24(29)28(15-17-8-4-5-12-26-17)25-27-19-14-18(30-2)10-11-22(19)33-25/h4-14H,3,15H2,1-2H3. The Labute approximate surface area is 194 Å². The first-order chi connectivity index (χ1) is 16.2. The fourth-order valence-electron chi connectivity index (χ4n) is 3.56. The zero-order valence-electron chi connectivity index (χ0n) is 18.1. The molecule has 3 heterocycles. The zero-order chi connectivity index (χ0) is 22.8. The summed E-state index contributed by atoms with van der Waals surface area (Å²) in [5.41, 5.74) is 2.06. The highest BCUT2D eigenvalue weighted by Gasteiger charge is 2.26. The molecule has 166 valence electrons. The lowest BCUT2D eigenvalue weighted by Gasteiger charge is -2.18. The summed E-state index contributed by atoms with van der Waals surface area (Å²) in [7, 11) is 1.61. The fraction of sp³-hybridized carbons (Fsp3) is 0.160. The van der Waals surface area contributed by atoms with Crippen LogP contribution in [0.1, 0.15) is 23.2 Å². The molecule has 0 radical (unpaired) electrons. The van der Waals surface area contributed by atoms with Gasteiger partial charge in [0.05, 0.1) is 36.2 Å². The molecular weight excluding hydrogens is 438 g/mol. The number of methoxy groups -OCH3 is 1. The molecule has 0 atom stereocenters. The molecule has 0 bridgehead atoms. The van der Waals surface area contributed by atoms with Crippen LogP contribution < -0.4 is 14.4 Å². The summed E-state index contributed by atoms with van der Waals surface area (Å²) in [6, 6.07) is 18.6. The lowest BCUT2D eigenvalue weighted by atomic mass is 10.2. The number of carbonyl (C=O) groups is 1. The minimum Gasteiger partial charge on any atom is -0.497 e. The number of pyridine rings is 1. The lowest BCUT2D eigenvalue weighted by Crippen LogP contribution is -2.30. The van der Waals surface area contributed by atoms with Crippen molar-refractivity contribution >= 4 is 43.6 Å². The highest BCUT2D eigenvalue weighted by atomic mass is 32.1. The van der Waals surface area contributed by atoms with E-state index in [2.05, 4.69) is 4.98 Å². The second-order valence-corrected chi connectivity index (χ2v) is 8.27. The second kappa shape index (κ2) is 8.91. The number of ether oxygens (including phenoxy) is 2. The minimum absolute atomic E-state index is 0.213. The fourth-order valence-corrected chi connectivity index (χ4v) is 4.50. The van der Waals surface area contributed by atoms with E-state index in [4.69, 9.17) is 18.9 Å². The smallest absolute Gasteiger partial charge is 0.296 e. The van der Waals surface area contributed by atoms with E-state index in [0.717, 1.165) is 21.3 Å². The van der Waals surface area contributed by atoms with Crippen molar-refractivity contribution in [1.29, 1.82) is 0 Å². The van der Waals surface area contributed by atoms with Crippen molar-refractivity contribution < 1.29 is 18.7 Å². The Morgan fingerprint density at radius 2 is 2.03 bits per heavy atom. The Morgan fingerprint density at radius 1 is 1.12 bits per heavy atom. The van der Waals surface area contributed by atoms with Crippen molar-refractivity contribution in [3.8, 4) is 11.5 Å². The van der Waals surface area contributed by atoms with Gasteiger partial charge in [-0.1, -0.05) is 29.5 Å². The Balaban J connectivity index is 1.57. The number of benzene rings is 2. The molecule has 3 aromatic heterocycles. The van der Waals surface area contributed by atoms with Crippen LogP contribution in [0.3, 0.4) is 0 Å².